The third kappa shape index (κ3) is 3.97. The number of halogens is 1. The molecule has 0 unspecified atom stereocenters. The zero-order chi connectivity index (χ0) is 17.0. The van der Waals surface area contributed by atoms with Crippen molar-refractivity contribution in [2.24, 2.45) is 0 Å². The van der Waals surface area contributed by atoms with Crippen molar-refractivity contribution < 1.29 is 24.0 Å². The number of hydrogen-bond donors (Lipinski definition) is 1. The van der Waals surface area contributed by atoms with E-state index in [-0.39, 0.29) is 29.9 Å². The van der Waals surface area contributed by atoms with Crippen LogP contribution in [0, 0.1) is 15.9 Å². The number of nitro groups is 1. The highest BCUT2D eigenvalue weighted by Gasteiger charge is 2.13. The number of non-ortho nitro benzene ring substituents is 1. The van der Waals surface area contributed by atoms with Crippen LogP contribution in [0.2, 0.25) is 0 Å². The molecular formula is C16H12FNO5. The van der Waals surface area contributed by atoms with Gasteiger partial charge in [-0.15, -0.1) is 0 Å². The fourth-order valence-corrected chi connectivity index (χ4v) is 2.05. The van der Waals surface area contributed by atoms with Crippen LogP contribution >= 0.6 is 0 Å². The maximum Gasteiger partial charge on any atom is 0.303 e. The lowest BCUT2D eigenvalue weighted by molar-refractivity contribution is -0.385. The molecule has 0 aliphatic rings. The van der Waals surface area contributed by atoms with Gasteiger partial charge in [-0.05, 0) is 11.6 Å². The summed E-state index contributed by atoms with van der Waals surface area (Å²) in [6, 6.07) is 9.30. The quantitative estimate of drug-likeness (QED) is 0.500. The maximum atomic E-state index is 13.9. The molecule has 0 heterocycles. The molecule has 0 amide bonds. The first-order valence-electron chi connectivity index (χ1n) is 6.68. The molecule has 0 spiro atoms. The second-order valence-electron chi connectivity index (χ2n) is 4.82. The van der Waals surface area contributed by atoms with Crippen LogP contribution in [0.5, 0.6) is 0 Å². The van der Waals surface area contributed by atoms with E-state index >= 15 is 0 Å². The van der Waals surface area contributed by atoms with Crippen molar-refractivity contribution in [1.82, 2.24) is 0 Å². The van der Waals surface area contributed by atoms with Gasteiger partial charge in [-0.3, -0.25) is 19.7 Å². The third-order valence-corrected chi connectivity index (χ3v) is 3.25. The topological polar surface area (TPSA) is 97.5 Å². The average molecular weight is 317 g/mol. The molecule has 7 heteroatoms. The summed E-state index contributed by atoms with van der Waals surface area (Å²) in [5.74, 6) is -2.10. The van der Waals surface area contributed by atoms with E-state index in [2.05, 4.69) is 0 Å². The highest BCUT2D eigenvalue weighted by Crippen LogP contribution is 2.26. The lowest BCUT2D eigenvalue weighted by atomic mass is 10.0. The molecular weight excluding hydrogens is 305 g/mol. The molecule has 0 aliphatic carbocycles. The van der Waals surface area contributed by atoms with Crippen molar-refractivity contribution in [3.63, 3.8) is 0 Å². The monoisotopic (exact) mass is 317 g/mol. The minimum Gasteiger partial charge on any atom is -0.481 e. The van der Waals surface area contributed by atoms with Crippen LogP contribution in [0.1, 0.15) is 23.2 Å². The number of hydrogen-bond acceptors (Lipinski definition) is 4. The highest BCUT2D eigenvalue weighted by molar-refractivity contribution is 5.97. The van der Waals surface area contributed by atoms with Gasteiger partial charge in [-0.1, -0.05) is 24.3 Å². The van der Waals surface area contributed by atoms with Gasteiger partial charge < -0.3 is 5.11 Å². The van der Waals surface area contributed by atoms with E-state index in [9.17, 15) is 24.1 Å². The van der Waals surface area contributed by atoms with E-state index in [4.69, 9.17) is 5.11 Å². The van der Waals surface area contributed by atoms with Crippen LogP contribution in [-0.2, 0) is 4.79 Å². The van der Waals surface area contributed by atoms with Crippen LogP contribution in [0.15, 0.2) is 42.5 Å². The van der Waals surface area contributed by atoms with Crippen LogP contribution in [-0.4, -0.2) is 21.8 Å². The molecule has 2 rings (SSSR count). The second-order valence-corrected chi connectivity index (χ2v) is 4.82. The van der Waals surface area contributed by atoms with E-state index < -0.39 is 16.7 Å². The first-order valence-corrected chi connectivity index (χ1v) is 6.68. The Labute approximate surface area is 130 Å². The molecule has 2 aromatic carbocycles. The number of benzene rings is 2. The number of nitro benzene ring substituents is 1. The smallest absolute Gasteiger partial charge is 0.303 e. The minimum atomic E-state index is -1.05. The molecule has 1 N–H and O–H groups in total. The Morgan fingerprint density at radius 1 is 1.09 bits per heavy atom. The Morgan fingerprint density at radius 2 is 1.74 bits per heavy atom. The number of nitrogens with zero attached hydrogens (tertiary/aromatic N) is 1. The molecule has 0 saturated heterocycles. The number of carbonyl (C=O) groups excluding carboxylic acids is 1. The Hall–Kier alpha value is -3.09. The molecule has 0 aromatic heterocycles. The number of rotatable bonds is 6. The lowest BCUT2D eigenvalue weighted by Gasteiger charge is -2.05. The molecule has 0 aliphatic heterocycles. The first kappa shape index (κ1) is 16.3. The maximum absolute atomic E-state index is 13.9. The molecule has 6 nitrogen and oxygen atoms in total. The van der Waals surface area contributed by atoms with Gasteiger partial charge >= 0.3 is 5.97 Å². The van der Waals surface area contributed by atoms with Gasteiger partial charge in [0.05, 0.1) is 17.4 Å². The standard InChI is InChI=1S/C16H12FNO5/c17-14-9-12(18(22)23)5-6-13(14)10-1-3-11(4-2-10)15(19)7-8-16(20)21/h1-6,9H,7-8H2,(H,20,21). The Kier molecular flexibility index (Phi) is 4.80. The summed E-state index contributed by atoms with van der Waals surface area (Å²) in [5.41, 5.74) is 0.636. The van der Waals surface area contributed by atoms with Crippen molar-refractivity contribution in [2.45, 2.75) is 12.8 Å². The van der Waals surface area contributed by atoms with Gasteiger partial charge in [-0.25, -0.2) is 4.39 Å². The number of ketones is 1. The van der Waals surface area contributed by atoms with Gasteiger partial charge in [0.15, 0.2) is 5.78 Å². The predicted molar refractivity (Wildman–Crippen MR) is 79.7 cm³/mol. The predicted octanol–water partition coefficient (Wildman–Crippen LogP) is 3.45. The van der Waals surface area contributed by atoms with E-state index in [1.165, 1.54) is 36.4 Å². The van der Waals surface area contributed by atoms with Gasteiger partial charge in [0.1, 0.15) is 5.82 Å². The summed E-state index contributed by atoms with van der Waals surface area (Å²) < 4.78 is 13.9. The Morgan fingerprint density at radius 3 is 2.26 bits per heavy atom. The zero-order valence-corrected chi connectivity index (χ0v) is 11.9. The van der Waals surface area contributed by atoms with Gasteiger partial charge in [-0.2, -0.15) is 0 Å². The average Bonchev–Trinajstić information content (AvgIpc) is 2.52. The van der Waals surface area contributed by atoms with E-state index in [0.717, 1.165) is 6.07 Å². The first-order chi connectivity index (χ1) is 10.9. The normalized spacial score (nSPS) is 10.3. The molecule has 2 aromatic rings. The number of carbonyl (C=O) groups is 2. The fraction of sp³-hybridized carbons (Fsp3) is 0.125. The Bertz CT molecular complexity index is 771. The summed E-state index contributed by atoms with van der Waals surface area (Å²) >= 11 is 0. The van der Waals surface area contributed by atoms with Crippen LogP contribution in [0.3, 0.4) is 0 Å². The minimum absolute atomic E-state index is 0.111. The summed E-state index contributed by atoms with van der Waals surface area (Å²) in [7, 11) is 0. The number of carboxylic acids is 1. The number of carboxylic acid groups (broad SMARTS) is 1. The van der Waals surface area contributed by atoms with Crippen molar-refractivity contribution in [3.05, 3.63) is 64.0 Å². The molecule has 23 heavy (non-hydrogen) atoms. The summed E-state index contributed by atoms with van der Waals surface area (Å²) in [4.78, 5) is 32.1. The van der Waals surface area contributed by atoms with Gasteiger partial charge in [0, 0.05) is 23.6 Å². The molecule has 118 valence electrons. The molecule has 0 fully saturated rings. The van der Waals surface area contributed by atoms with Crippen molar-refractivity contribution in [1.29, 1.82) is 0 Å². The number of aliphatic carboxylic acids is 1. The largest absolute Gasteiger partial charge is 0.481 e. The van der Waals surface area contributed by atoms with Crippen molar-refractivity contribution in [2.75, 3.05) is 0 Å². The van der Waals surface area contributed by atoms with Gasteiger partial charge in [0.25, 0.3) is 5.69 Å². The lowest BCUT2D eigenvalue weighted by Crippen LogP contribution is -2.03. The summed E-state index contributed by atoms with van der Waals surface area (Å²) in [5, 5.41) is 19.1. The SMILES string of the molecule is O=C(O)CCC(=O)c1ccc(-c2ccc([N+](=O)[O-])cc2F)cc1. The van der Waals surface area contributed by atoms with Crippen LogP contribution in [0.4, 0.5) is 10.1 Å². The number of Topliss-reactive ketones (excluding diaryl/α,β-unsaturated/α-hetero) is 1. The second kappa shape index (κ2) is 6.78. The Balaban J connectivity index is 2.21. The third-order valence-electron chi connectivity index (χ3n) is 3.25. The van der Waals surface area contributed by atoms with Crippen molar-refractivity contribution >= 4 is 17.4 Å². The van der Waals surface area contributed by atoms with Gasteiger partial charge in [0.2, 0.25) is 0 Å². The van der Waals surface area contributed by atoms with Crippen LogP contribution in [0.25, 0.3) is 11.1 Å². The molecule has 0 saturated carbocycles. The molecule has 0 bridgehead atoms. The molecule has 0 radical (unpaired) electrons. The van der Waals surface area contributed by atoms with Crippen molar-refractivity contribution in [3.8, 4) is 11.1 Å². The zero-order valence-electron chi connectivity index (χ0n) is 11.9. The molecule has 0 atom stereocenters. The fourth-order valence-electron chi connectivity index (χ4n) is 2.05. The van der Waals surface area contributed by atoms with E-state index in [1.807, 2.05) is 0 Å². The van der Waals surface area contributed by atoms with Crippen LogP contribution < -0.4 is 0 Å². The summed E-state index contributed by atoms with van der Waals surface area (Å²) in [6.45, 7) is 0. The van der Waals surface area contributed by atoms with E-state index in [0.29, 0.717) is 11.1 Å². The highest BCUT2D eigenvalue weighted by atomic mass is 19.1. The summed E-state index contributed by atoms with van der Waals surface area (Å²) in [6.07, 6.45) is -0.363. The van der Waals surface area contributed by atoms with E-state index in [1.54, 1.807) is 0 Å².